The Balaban J connectivity index is 2.03. The van der Waals surface area contributed by atoms with Gasteiger partial charge in [-0.05, 0) is 39.0 Å². The van der Waals surface area contributed by atoms with Crippen molar-refractivity contribution in [2.24, 2.45) is 0 Å². The Labute approximate surface area is 106 Å². The number of likely N-dealkylation sites (tertiary alicyclic amines) is 1. The summed E-state index contributed by atoms with van der Waals surface area (Å²) in [5.41, 5.74) is 6.04. The maximum atomic E-state index is 12.0. The monoisotopic (exact) mass is 275 g/mol. The number of hydrogen-bond donors (Lipinski definition) is 2. The zero-order valence-electron chi connectivity index (χ0n) is 9.72. The quantitative estimate of drug-likeness (QED) is 0.851. The highest BCUT2D eigenvalue weighted by molar-refractivity contribution is 7.91. The van der Waals surface area contributed by atoms with E-state index in [0.29, 0.717) is 9.90 Å². The van der Waals surface area contributed by atoms with Gasteiger partial charge in [-0.2, -0.15) is 0 Å². The van der Waals surface area contributed by atoms with Gasteiger partial charge in [-0.3, -0.25) is 0 Å². The molecule has 0 bridgehead atoms. The minimum absolute atomic E-state index is 0.0412. The van der Waals surface area contributed by atoms with Gasteiger partial charge in [0, 0.05) is 17.1 Å². The molecule has 96 valence electrons. The van der Waals surface area contributed by atoms with Gasteiger partial charge in [0.25, 0.3) is 0 Å². The summed E-state index contributed by atoms with van der Waals surface area (Å²) in [5, 5.41) is 1.64. The van der Waals surface area contributed by atoms with Crippen molar-refractivity contribution in [1.82, 2.24) is 9.62 Å². The fourth-order valence-electron chi connectivity index (χ4n) is 1.88. The molecule has 2 heterocycles. The van der Waals surface area contributed by atoms with Crippen LogP contribution in [0.15, 0.2) is 15.7 Å². The van der Waals surface area contributed by atoms with E-state index in [1.165, 1.54) is 6.07 Å². The number of rotatable bonds is 3. The first kappa shape index (κ1) is 12.8. The number of sulfonamides is 1. The highest BCUT2D eigenvalue weighted by Crippen LogP contribution is 2.22. The number of nitrogen functional groups attached to an aromatic ring is 1. The molecule has 0 aliphatic carbocycles. The average molecular weight is 275 g/mol. The fraction of sp³-hybridized carbons (Fsp3) is 0.600. The summed E-state index contributed by atoms with van der Waals surface area (Å²) in [6, 6.07) is 1.54. The van der Waals surface area contributed by atoms with E-state index in [2.05, 4.69) is 9.62 Å². The van der Waals surface area contributed by atoms with Gasteiger partial charge >= 0.3 is 0 Å². The van der Waals surface area contributed by atoms with E-state index in [9.17, 15) is 8.42 Å². The van der Waals surface area contributed by atoms with Crippen LogP contribution in [0.5, 0.6) is 0 Å². The largest absolute Gasteiger partial charge is 0.398 e. The summed E-state index contributed by atoms with van der Waals surface area (Å²) in [6.45, 7) is 1.86. The van der Waals surface area contributed by atoms with Crippen LogP contribution in [-0.4, -0.2) is 39.5 Å². The van der Waals surface area contributed by atoms with E-state index in [1.54, 1.807) is 5.38 Å². The maximum absolute atomic E-state index is 12.0. The summed E-state index contributed by atoms with van der Waals surface area (Å²) in [5.74, 6) is 0. The molecule has 0 aromatic carbocycles. The molecule has 3 N–H and O–H groups in total. The molecule has 2 rings (SSSR count). The topological polar surface area (TPSA) is 75.4 Å². The zero-order valence-corrected chi connectivity index (χ0v) is 11.4. The van der Waals surface area contributed by atoms with Crippen LogP contribution in [0, 0.1) is 0 Å². The van der Waals surface area contributed by atoms with Crippen LogP contribution in [0.4, 0.5) is 5.69 Å². The lowest BCUT2D eigenvalue weighted by Crippen LogP contribution is -2.43. The smallest absolute Gasteiger partial charge is 0.250 e. The van der Waals surface area contributed by atoms with Gasteiger partial charge in [-0.1, -0.05) is 0 Å². The van der Waals surface area contributed by atoms with Crippen molar-refractivity contribution in [3.05, 3.63) is 11.4 Å². The molecule has 17 heavy (non-hydrogen) atoms. The predicted molar refractivity (Wildman–Crippen MR) is 69.6 cm³/mol. The number of piperidine rings is 1. The molecular formula is C10H17N3O2S2. The maximum Gasteiger partial charge on any atom is 0.250 e. The van der Waals surface area contributed by atoms with Crippen LogP contribution in [0.2, 0.25) is 0 Å². The Hall–Kier alpha value is -0.630. The van der Waals surface area contributed by atoms with Crippen molar-refractivity contribution in [2.45, 2.75) is 23.1 Å². The second kappa shape index (κ2) is 4.93. The molecule has 0 amide bonds. The van der Waals surface area contributed by atoms with Crippen molar-refractivity contribution >= 4 is 27.0 Å². The Morgan fingerprint density at radius 2 is 2.12 bits per heavy atom. The molecule has 7 heteroatoms. The van der Waals surface area contributed by atoms with E-state index < -0.39 is 10.0 Å². The molecule has 0 atom stereocenters. The predicted octanol–water partition coefficient (Wildman–Crippen LogP) is 0.703. The number of anilines is 1. The molecular weight excluding hydrogens is 258 g/mol. The lowest BCUT2D eigenvalue weighted by molar-refractivity contribution is 0.248. The van der Waals surface area contributed by atoms with Gasteiger partial charge in [-0.25, -0.2) is 13.1 Å². The minimum Gasteiger partial charge on any atom is -0.398 e. The van der Waals surface area contributed by atoms with Gasteiger partial charge in [0.15, 0.2) is 0 Å². The molecule has 1 aliphatic heterocycles. The van der Waals surface area contributed by atoms with Crippen molar-refractivity contribution in [1.29, 1.82) is 0 Å². The van der Waals surface area contributed by atoms with Crippen LogP contribution in [0.1, 0.15) is 12.8 Å². The summed E-state index contributed by atoms with van der Waals surface area (Å²) in [7, 11) is -1.34. The SMILES string of the molecule is CN1CCC(NS(=O)(=O)c2cc(N)cs2)CC1. The van der Waals surface area contributed by atoms with Crippen molar-refractivity contribution in [3.63, 3.8) is 0 Å². The highest BCUT2D eigenvalue weighted by atomic mass is 32.2. The highest BCUT2D eigenvalue weighted by Gasteiger charge is 2.24. The molecule has 5 nitrogen and oxygen atoms in total. The second-order valence-electron chi connectivity index (χ2n) is 4.40. The lowest BCUT2D eigenvalue weighted by Gasteiger charge is -2.29. The second-order valence-corrected chi connectivity index (χ2v) is 7.25. The summed E-state index contributed by atoms with van der Waals surface area (Å²) < 4.78 is 27.1. The van der Waals surface area contributed by atoms with Crippen molar-refractivity contribution in [2.75, 3.05) is 25.9 Å². The molecule has 1 aromatic rings. The minimum atomic E-state index is -3.39. The fourth-order valence-corrected chi connectivity index (χ4v) is 4.28. The van der Waals surface area contributed by atoms with Crippen LogP contribution in [-0.2, 0) is 10.0 Å². The molecule has 1 fully saturated rings. The van der Waals surface area contributed by atoms with Crippen LogP contribution >= 0.6 is 11.3 Å². The van der Waals surface area contributed by atoms with Crippen molar-refractivity contribution < 1.29 is 8.42 Å². The van der Waals surface area contributed by atoms with E-state index >= 15 is 0 Å². The molecule has 1 saturated heterocycles. The standard InChI is InChI=1S/C10H17N3O2S2/c1-13-4-2-9(3-5-13)12-17(14,15)10-6-8(11)7-16-10/h6-7,9,12H,2-5,11H2,1H3. The first-order valence-corrected chi connectivity index (χ1v) is 7.88. The number of thiophene rings is 1. The number of nitrogens with one attached hydrogen (secondary N) is 1. The normalized spacial score (nSPS) is 19.6. The molecule has 0 saturated carbocycles. The van der Waals surface area contributed by atoms with E-state index in [-0.39, 0.29) is 6.04 Å². The van der Waals surface area contributed by atoms with Gasteiger partial charge in [0.05, 0.1) is 0 Å². The number of hydrogen-bond acceptors (Lipinski definition) is 5. The van der Waals surface area contributed by atoms with E-state index in [0.717, 1.165) is 37.3 Å². The van der Waals surface area contributed by atoms with Crippen LogP contribution < -0.4 is 10.5 Å². The molecule has 1 aromatic heterocycles. The first-order valence-electron chi connectivity index (χ1n) is 5.52. The summed E-state index contributed by atoms with van der Waals surface area (Å²) in [4.78, 5) is 2.20. The summed E-state index contributed by atoms with van der Waals surface area (Å²) >= 11 is 1.16. The van der Waals surface area contributed by atoms with Gasteiger partial charge in [0.1, 0.15) is 4.21 Å². The zero-order chi connectivity index (χ0) is 12.5. The number of nitrogens with two attached hydrogens (primary N) is 1. The van der Waals surface area contributed by atoms with Gasteiger partial charge < -0.3 is 10.6 Å². The van der Waals surface area contributed by atoms with Gasteiger partial charge in [0.2, 0.25) is 10.0 Å². The molecule has 0 spiro atoms. The van der Waals surface area contributed by atoms with E-state index in [4.69, 9.17) is 5.73 Å². The lowest BCUT2D eigenvalue weighted by atomic mass is 10.1. The molecule has 0 radical (unpaired) electrons. The van der Waals surface area contributed by atoms with Crippen molar-refractivity contribution in [3.8, 4) is 0 Å². The average Bonchev–Trinajstić information content (AvgIpc) is 2.69. The molecule has 1 aliphatic rings. The Kier molecular flexibility index (Phi) is 3.72. The van der Waals surface area contributed by atoms with E-state index in [1.807, 2.05) is 7.05 Å². The third-order valence-corrected chi connectivity index (χ3v) is 5.88. The number of nitrogens with zero attached hydrogens (tertiary/aromatic N) is 1. The Morgan fingerprint density at radius 3 is 2.65 bits per heavy atom. The van der Waals surface area contributed by atoms with Gasteiger partial charge in [-0.15, -0.1) is 11.3 Å². The first-order chi connectivity index (χ1) is 7.97. The Bertz CT molecular complexity index is 475. The summed E-state index contributed by atoms with van der Waals surface area (Å²) in [6.07, 6.45) is 1.72. The third-order valence-electron chi connectivity index (χ3n) is 2.90. The Morgan fingerprint density at radius 1 is 1.47 bits per heavy atom. The van der Waals surface area contributed by atoms with Crippen LogP contribution in [0.3, 0.4) is 0 Å². The molecule has 0 unspecified atom stereocenters. The third kappa shape index (κ3) is 3.19. The van der Waals surface area contributed by atoms with Crippen LogP contribution in [0.25, 0.3) is 0 Å².